The van der Waals surface area contributed by atoms with Gasteiger partial charge >= 0.3 is 6.18 Å². The Morgan fingerprint density at radius 2 is 1.59 bits per heavy atom. The SMILES string of the molecule is COc1cc(F)c(F)cc1C(=O)N[C@@H]1C2CCC(C2Cc2ccccc2)[C@@H]1C(=O)Nc1ccc(F)c(C(F)(F)F)c1. The van der Waals surface area contributed by atoms with Crippen LogP contribution in [0.15, 0.2) is 60.7 Å². The van der Waals surface area contributed by atoms with Gasteiger partial charge in [-0.05, 0) is 66.8 Å². The van der Waals surface area contributed by atoms with Crippen molar-refractivity contribution >= 4 is 17.5 Å². The summed E-state index contributed by atoms with van der Waals surface area (Å²) >= 11 is 0. The number of fused-ring (bicyclic) bond motifs is 2. The Bertz CT molecular complexity index is 1460. The maximum absolute atomic E-state index is 14.0. The van der Waals surface area contributed by atoms with Gasteiger partial charge in [0.1, 0.15) is 11.6 Å². The van der Waals surface area contributed by atoms with E-state index in [-0.39, 0.29) is 34.8 Å². The molecule has 2 fully saturated rings. The molecular weight excluding hydrogens is 550 g/mol. The van der Waals surface area contributed by atoms with Crippen molar-refractivity contribution in [2.75, 3.05) is 12.4 Å². The van der Waals surface area contributed by atoms with Crippen molar-refractivity contribution in [2.24, 2.45) is 23.7 Å². The van der Waals surface area contributed by atoms with Crippen LogP contribution < -0.4 is 15.4 Å². The van der Waals surface area contributed by atoms with Crippen LogP contribution >= 0.6 is 0 Å². The highest BCUT2D eigenvalue weighted by Crippen LogP contribution is 2.54. The van der Waals surface area contributed by atoms with Crippen LogP contribution in [0.4, 0.5) is 32.0 Å². The zero-order chi connectivity index (χ0) is 29.5. The lowest BCUT2D eigenvalue weighted by molar-refractivity contribution is -0.140. The lowest BCUT2D eigenvalue weighted by Gasteiger charge is -2.31. The molecule has 0 spiro atoms. The maximum atomic E-state index is 14.0. The molecule has 2 saturated carbocycles. The van der Waals surface area contributed by atoms with Crippen LogP contribution in [0.3, 0.4) is 0 Å². The van der Waals surface area contributed by atoms with Gasteiger partial charge in [0.2, 0.25) is 5.91 Å². The second-order valence-corrected chi connectivity index (χ2v) is 10.4. The van der Waals surface area contributed by atoms with E-state index in [1.54, 1.807) is 0 Å². The van der Waals surface area contributed by atoms with Crippen molar-refractivity contribution in [3.8, 4) is 5.75 Å². The summed E-state index contributed by atoms with van der Waals surface area (Å²) in [5.74, 6) is -6.80. The third kappa shape index (κ3) is 5.62. The lowest BCUT2D eigenvalue weighted by atomic mass is 9.83. The van der Waals surface area contributed by atoms with E-state index < -0.39 is 53.0 Å². The van der Waals surface area contributed by atoms with Gasteiger partial charge in [-0.3, -0.25) is 9.59 Å². The minimum atomic E-state index is -4.96. The molecule has 3 aromatic carbocycles. The summed E-state index contributed by atoms with van der Waals surface area (Å²) in [5, 5.41) is 5.30. The molecule has 41 heavy (non-hydrogen) atoms. The first-order valence-electron chi connectivity index (χ1n) is 13.0. The number of alkyl halides is 3. The van der Waals surface area contributed by atoms with Crippen LogP contribution in [0.1, 0.15) is 34.3 Å². The number of halogens is 6. The first-order valence-corrected chi connectivity index (χ1v) is 13.0. The van der Waals surface area contributed by atoms with Crippen molar-refractivity contribution in [3.63, 3.8) is 0 Å². The maximum Gasteiger partial charge on any atom is 0.419 e. The Balaban J connectivity index is 1.46. The summed E-state index contributed by atoms with van der Waals surface area (Å²) in [4.78, 5) is 27.0. The summed E-state index contributed by atoms with van der Waals surface area (Å²) in [6.07, 6.45) is -3.02. The predicted molar refractivity (Wildman–Crippen MR) is 138 cm³/mol. The molecule has 11 heteroatoms. The number of carbonyl (C=O) groups excluding carboxylic acids is 2. The molecule has 216 valence electrons. The molecule has 2 aliphatic carbocycles. The number of hydrogen-bond donors (Lipinski definition) is 2. The molecule has 0 radical (unpaired) electrons. The third-order valence-electron chi connectivity index (χ3n) is 8.18. The van der Waals surface area contributed by atoms with Crippen molar-refractivity contribution in [1.82, 2.24) is 5.32 Å². The van der Waals surface area contributed by atoms with Gasteiger partial charge in [-0.15, -0.1) is 0 Å². The molecule has 3 unspecified atom stereocenters. The highest BCUT2D eigenvalue weighted by molar-refractivity contribution is 5.98. The number of hydrogen-bond acceptors (Lipinski definition) is 3. The number of methoxy groups -OCH3 is 1. The first-order chi connectivity index (χ1) is 19.5. The molecule has 2 N–H and O–H groups in total. The molecule has 5 atom stereocenters. The van der Waals surface area contributed by atoms with Crippen LogP contribution in [-0.2, 0) is 17.4 Å². The zero-order valence-electron chi connectivity index (χ0n) is 21.8. The number of anilines is 1. The summed E-state index contributed by atoms with van der Waals surface area (Å²) in [7, 11) is 1.20. The van der Waals surface area contributed by atoms with Crippen molar-refractivity contribution in [3.05, 3.63) is 94.8 Å². The van der Waals surface area contributed by atoms with Crippen LogP contribution in [0.25, 0.3) is 0 Å². The highest BCUT2D eigenvalue weighted by atomic mass is 19.4. The van der Waals surface area contributed by atoms with E-state index in [1.165, 1.54) is 7.11 Å². The van der Waals surface area contributed by atoms with Crippen molar-refractivity contribution in [1.29, 1.82) is 0 Å². The molecule has 0 aliphatic heterocycles. The molecule has 0 saturated heterocycles. The number of ether oxygens (including phenoxy) is 1. The van der Waals surface area contributed by atoms with E-state index in [1.807, 2.05) is 30.3 Å². The minimum Gasteiger partial charge on any atom is -0.496 e. The van der Waals surface area contributed by atoms with Crippen LogP contribution in [-0.4, -0.2) is 25.0 Å². The average Bonchev–Trinajstić information content (AvgIpc) is 3.45. The summed E-state index contributed by atoms with van der Waals surface area (Å²) in [6, 6.07) is 12.5. The molecule has 0 heterocycles. The Morgan fingerprint density at radius 1 is 0.902 bits per heavy atom. The topological polar surface area (TPSA) is 67.4 Å². The minimum absolute atomic E-state index is 0.0377. The quantitative estimate of drug-likeness (QED) is 0.321. The van der Waals surface area contributed by atoms with Gasteiger partial charge < -0.3 is 15.4 Å². The number of rotatable bonds is 7. The Kier molecular flexibility index (Phi) is 7.72. The zero-order valence-corrected chi connectivity index (χ0v) is 21.8. The van der Waals surface area contributed by atoms with Gasteiger partial charge in [0.15, 0.2) is 11.6 Å². The average molecular weight is 577 g/mol. The van der Waals surface area contributed by atoms with E-state index in [0.29, 0.717) is 37.5 Å². The van der Waals surface area contributed by atoms with Crippen molar-refractivity contribution < 1.29 is 40.7 Å². The second kappa shape index (κ2) is 11.1. The normalized spacial score (nSPS) is 23.3. The highest BCUT2D eigenvalue weighted by Gasteiger charge is 2.57. The number of nitrogens with one attached hydrogen (secondary N) is 2. The van der Waals surface area contributed by atoms with E-state index in [0.717, 1.165) is 17.7 Å². The molecule has 0 aromatic heterocycles. The third-order valence-corrected chi connectivity index (χ3v) is 8.18. The smallest absolute Gasteiger partial charge is 0.419 e. The van der Waals surface area contributed by atoms with Gasteiger partial charge in [0, 0.05) is 17.8 Å². The van der Waals surface area contributed by atoms with Gasteiger partial charge in [-0.2, -0.15) is 13.2 Å². The van der Waals surface area contributed by atoms with Crippen molar-refractivity contribution in [2.45, 2.75) is 31.5 Å². The first kappa shape index (κ1) is 28.5. The fourth-order valence-corrected chi connectivity index (χ4v) is 6.45. The Morgan fingerprint density at radius 3 is 2.27 bits per heavy atom. The molecule has 5 rings (SSSR count). The van der Waals surface area contributed by atoms with Gasteiger partial charge in [0.05, 0.1) is 24.2 Å². The molecular formula is C30H26F6N2O3. The monoisotopic (exact) mass is 576 g/mol. The fraction of sp³-hybridized carbons (Fsp3) is 0.333. The van der Waals surface area contributed by atoms with Gasteiger partial charge in [-0.25, -0.2) is 13.2 Å². The summed E-state index contributed by atoms with van der Waals surface area (Å²) < 4.78 is 86.5. The standard InChI is InChI=1S/C30H26F6N2O3/c1-41-25-14-24(33)23(32)13-20(25)28(39)38-27-18-9-8-17(19(18)11-15-5-3-2-4-6-15)26(27)29(40)37-16-7-10-22(31)21(12-16)30(34,35)36/h2-7,10,12-14,17-19,26-27H,8-9,11H2,1H3,(H,37,40)(H,38,39)/t17?,18?,19?,26-,27+/m0/s1. The molecule has 2 aliphatic rings. The van der Waals surface area contributed by atoms with Crippen LogP contribution in [0.5, 0.6) is 5.75 Å². The van der Waals surface area contributed by atoms with Crippen LogP contribution in [0.2, 0.25) is 0 Å². The Hall–Kier alpha value is -4.02. The van der Waals surface area contributed by atoms with Gasteiger partial charge in [0.25, 0.3) is 5.91 Å². The van der Waals surface area contributed by atoms with E-state index >= 15 is 0 Å². The fourth-order valence-electron chi connectivity index (χ4n) is 6.45. The second-order valence-electron chi connectivity index (χ2n) is 10.4. The summed E-state index contributed by atoms with van der Waals surface area (Å²) in [6.45, 7) is 0. The summed E-state index contributed by atoms with van der Waals surface area (Å²) in [5.41, 5.74) is -0.989. The number of carbonyl (C=O) groups is 2. The molecule has 2 amide bonds. The molecule has 3 aromatic rings. The number of amides is 2. The largest absolute Gasteiger partial charge is 0.496 e. The predicted octanol–water partition coefficient (Wildman–Crippen LogP) is 6.38. The Labute approximate surface area is 231 Å². The molecule has 5 nitrogen and oxygen atoms in total. The van der Waals surface area contributed by atoms with Gasteiger partial charge in [-0.1, -0.05) is 30.3 Å². The lowest BCUT2D eigenvalue weighted by Crippen LogP contribution is -2.48. The van der Waals surface area contributed by atoms with E-state index in [4.69, 9.17) is 4.74 Å². The molecule has 2 bridgehead atoms. The van der Waals surface area contributed by atoms with Crippen LogP contribution in [0, 0.1) is 41.1 Å². The number of benzene rings is 3. The van der Waals surface area contributed by atoms with E-state index in [2.05, 4.69) is 10.6 Å². The van der Waals surface area contributed by atoms with E-state index in [9.17, 15) is 35.9 Å².